The van der Waals surface area contributed by atoms with Gasteiger partial charge in [0.25, 0.3) is 0 Å². The Balaban J connectivity index is 2.34. The van der Waals surface area contributed by atoms with Crippen molar-refractivity contribution in [3.05, 3.63) is 54.1 Å². The summed E-state index contributed by atoms with van der Waals surface area (Å²) >= 11 is 0. The number of nitrogens with one attached hydrogen (secondary N) is 1. The van der Waals surface area contributed by atoms with Crippen molar-refractivity contribution in [2.45, 2.75) is 26.8 Å². The Bertz CT molecular complexity index is 589. The highest BCUT2D eigenvalue weighted by atomic mass is 16.5. The lowest BCUT2D eigenvalue weighted by molar-refractivity contribution is 0.345. The first kappa shape index (κ1) is 14.6. The van der Waals surface area contributed by atoms with Crippen LogP contribution in [0, 0.1) is 0 Å². The summed E-state index contributed by atoms with van der Waals surface area (Å²) in [5.74, 6) is 0.958. The summed E-state index contributed by atoms with van der Waals surface area (Å²) in [4.78, 5) is 0. The molecular formula is C18H23NO. The van der Waals surface area contributed by atoms with E-state index in [9.17, 15) is 0 Å². The van der Waals surface area contributed by atoms with Crippen molar-refractivity contribution in [1.82, 2.24) is 5.32 Å². The average Bonchev–Trinajstić information content (AvgIpc) is 2.50. The van der Waals surface area contributed by atoms with E-state index in [1.54, 1.807) is 0 Å². The molecule has 106 valence electrons. The predicted octanol–water partition coefficient (Wildman–Crippen LogP) is 4.29. The number of hydrogen-bond donors (Lipinski definition) is 1. The normalized spacial score (nSPS) is 10.7. The summed E-state index contributed by atoms with van der Waals surface area (Å²) in [6.45, 7) is 10.6. The fourth-order valence-electron chi connectivity index (χ4n) is 2.17. The second kappa shape index (κ2) is 7.11. The molecule has 0 spiro atoms. The second-order valence-corrected chi connectivity index (χ2v) is 4.94. The van der Waals surface area contributed by atoms with Crippen LogP contribution in [-0.2, 0) is 6.54 Å². The van der Waals surface area contributed by atoms with Gasteiger partial charge >= 0.3 is 0 Å². The molecule has 0 atom stereocenters. The maximum Gasteiger partial charge on any atom is 0.124 e. The molecule has 1 N–H and O–H groups in total. The maximum atomic E-state index is 5.96. The molecule has 0 bridgehead atoms. The monoisotopic (exact) mass is 269 g/mol. The summed E-state index contributed by atoms with van der Waals surface area (Å²) in [5.41, 5.74) is 2.35. The molecule has 0 radical (unpaired) electrons. The Kier molecular flexibility index (Phi) is 5.19. The summed E-state index contributed by atoms with van der Waals surface area (Å²) < 4.78 is 5.96. The number of hydrogen-bond acceptors (Lipinski definition) is 2. The van der Waals surface area contributed by atoms with Crippen LogP contribution in [0.3, 0.4) is 0 Å². The molecule has 0 unspecified atom stereocenters. The third kappa shape index (κ3) is 3.40. The highest BCUT2D eigenvalue weighted by molar-refractivity contribution is 5.87. The van der Waals surface area contributed by atoms with Crippen molar-refractivity contribution in [3.63, 3.8) is 0 Å². The molecular weight excluding hydrogens is 246 g/mol. The number of rotatable bonds is 7. The largest absolute Gasteiger partial charge is 0.489 e. The predicted molar refractivity (Wildman–Crippen MR) is 86.3 cm³/mol. The maximum absolute atomic E-state index is 5.96. The zero-order valence-electron chi connectivity index (χ0n) is 12.4. The molecule has 2 aromatic rings. The molecule has 0 saturated heterocycles. The zero-order chi connectivity index (χ0) is 14.4. The van der Waals surface area contributed by atoms with Crippen LogP contribution in [0.15, 0.2) is 48.6 Å². The smallest absolute Gasteiger partial charge is 0.124 e. The van der Waals surface area contributed by atoms with Crippen LogP contribution in [0.5, 0.6) is 5.75 Å². The highest BCUT2D eigenvalue weighted by Crippen LogP contribution is 2.28. The van der Waals surface area contributed by atoms with Crippen LogP contribution in [0.25, 0.3) is 10.8 Å². The van der Waals surface area contributed by atoms with Crippen molar-refractivity contribution in [2.75, 3.05) is 13.2 Å². The van der Waals surface area contributed by atoms with Gasteiger partial charge in [-0.25, -0.2) is 0 Å². The van der Waals surface area contributed by atoms with Gasteiger partial charge in [0.2, 0.25) is 0 Å². The standard InChI is InChI=1S/C18H23NO/c1-4-14(3)13-20-18-11-10-15-8-6-7-9-16(15)17(18)12-19-5-2/h6-11,19H,3-5,12-13H2,1-2H3. The summed E-state index contributed by atoms with van der Waals surface area (Å²) in [6.07, 6.45) is 0.954. The fraction of sp³-hybridized carbons (Fsp3) is 0.333. The number of ether oxygens (including phenoxy) is 1. The Hall–Kier alpha value is -1.80. The van der Waals surface area contributed by atoms with E-state index in [1.165, 1.54) is 16.3 Å². The van der Waals surface area contributed by atoms with Gasteiger partial charge in [-0.05, 0) is 35.4 Å². The molecule has 0 aromatic heterocycles. The molecule has 0 fully saturated rings. The van der Waals surface area contributed by atoms with Gasteiger partial charge in [-0.3, -0.25) is 0 Å². The zero-order valence-corrected chi connectivity index (χ0v) is 12.4. The van der Waals surface area contributed by atoms with Crippen molar-refractivity contribution < 1.29 is 4.74 Å². The summed E-state index contributed by atoms with van der Waals surface area (Å²) in [6, 6.07) is 12.6. The van der Waals surface area contributed by atoms with E-state index in [-0.39, 0.29) is 0 Å². The number of fused-ring (bicyclic) bond motifs is 1. The Morgan fingerprint density at radius 2 is 1.95 bits per heavy atom. The molecule has 2 rings (SSSR count). The van der Waals surface area contributed by atoms with E-state index in [0.29, 0.717) is 6.61 Å². The van der Waals surface area contributed by atoms with Crippen molar-refractivity contribution in [2.24, 2.45) is 0 Å². The SMILES string of the molecule is C=C(CC)COc1ccc2ccccc2c1CNCC. The molecule has 0 amide bonds. The molecule has 20 heavy (non-hydrogen) atoms. The van der Waals surface area contributed by atoms with Crippen LogP contribution >= 0.6 is 0 Å². The molecule has 0 heterocycles. The first-order chi connectivity index (χ1) is 9.76. The van der Waals surface area contributed by atoms with E-state index in [1.807, 2.05) is 0 Å². The van der Waals surface area contributed by atoms with E-state index in [2.05, 4.69) is 62.1 Å². The molecule has 0 aliphatic heterocycles. The molecule has 0 saturated carbocycles. The van der Waals surface area contributed by atoms with Crippen molar-refractivity contribution in [1.29, 1.82) is 0 Å². The van der Waals surface area contributed by atoms with Crippen LogP contribution in [0.4, 0.5) is 0 Å². The summed E-state index contributed by atoms with van der Waals surface area (Å²) in [7, 11) is 0. The fourth-order valence-corrected chi connectivity index (χ4v) is 2.17. The summed E-state index contributed by atoms with van der Waals surface area (Å²) in [5, 5.41) is 5.91. The average molecular weight is 269 g/mol. The third-order valence-electron chi connectivity index (χ3n) is 3.48. The van der Waals surface area contributed by atoms with Crippen LogP contribution < -0.4 is 10.1 Å². The Morgan fingerprint density at radius 3 is 2.70 bits per heavy atom. The van der Waals surface area contributed by atoms with Crippen LogP contribution in [-0.4, -0.2) is 13.2 Å². The van der Waals surface area contributed by atoms with Crippen molar-refractivity contribution >= 4 is 10.8 Å². The van der Waals surface area contributed by atoms with Crippen LogP contribution in [0.2, 0.25) is 0 Å². The highest BCUT2D eigenvalue weighted by Gasteiger charge is 2.08. The first-order valence-electron chi connectivity index (χ1n) is 7.27. The Labute approximate surface area is 121 Å². The minimum atomic E-state index is 0.591. The van der Waals surface area contributed by atoms with E-state index in [4.69, 9.17) is 4.74 Å². The Morgan fingerprint density at radius 1 is 1.15 bits per heavy atom. The van der Waals surface area contributed by atoms with Gasteiger partial charge in [0.05, 0.1) is 0 Å². The quantitative estimate of drug-likeness (QED) is 0.757. The van der Waals surface area contributed by atoms with Gasteiger partial charge in [-0.1, -0.05) is 50.8 Å². The van der Waals surface area contributed by atoms with Gasteiger partial charge in [-0.2, -0.15) is 0 Å². The van der Waals surface area contributed by atoms with Gasteiger partial charge < -0.3 is 10.1 Å². The van der Waals surface area contributed by atoms with Crippen molar-refractivity contribution in [3.8, 4) is 5.75 Å². The van der Waals surface area contributed by atoms with E-state index < -0.39 is 0 Å². The molecule has 0 aliphatic rings. The van der Waals surface area contributed by atoms with Gasteiger partial charge in [0, 0.05) is 12.1 Å². The molecule has 2 heteroatoms. The lowest BCUT2D eigenvalue weighted by atomic mass is 10.0. The lowest BCUT2D eigenvalue weighted by Gasteiger charge is -2.15. The van der Waals surface area contributed by atoms with E-state index in [0.717, 1.165) is 30.8 Å². The molecule has 2 nitrogen and oxygen atoms in total. The molecule has 0 aliphatic carbocycles. The first-order valence-corrected chi connectivity index (χ1v) is 7.27. The van der Waals surface area contributed by atoms with Gasteiger partial charge in [0.15, 0.2) is 0 Å². The van der Waals surface area contributed by atoms with Crippen LogP contribution in [0.1, 0.15) is 25.8 Å². The number of benzene rings is 2. The third-order valence-corrected chi connectivity index (χ3v) is 3.48. The lowest BCUT2D eigenvalue weighted by Crippen LogP contribution is -2.13. The van der Waals surface area contributed by atoms with Gasteiger partial charge in [-0.15, -0.1) is 0 Å². The topological polar surface area (TPSA) is 21.3 Å². The second-order valence-electron chi connectivity index (χ2n) is 4.94. The van der Waals surface area contributed by atoms with E-state index >= 15 is 0 Å². The minimum Gasteiger partial charge on any atom is -0.489 e. The van der Waals surface area contributed by atoms with Gasteiger partial charge in [0.1, 0.15) is 12.4 Å². The minimum absolute atomic E-state index is 0.591. The molecule has 2 aromatic carbocycles.